The summed E-state index contributed by atoms with van der Waals surface area (Å²) in [7, 11) is 1.44. The Kier molecular flexibility index (Phi) is 6.52. The molecule has 0 aromatic rings. The fourth-order valence-electron chi connectivity index (χ4n) is 2.24. The number of nitrogens with one attached hydrogen (secondary N) is 1. The molecular formula is C9H18Cl2N2O2. The lowest BCUT2D eigenvalue weighted by Gasteiger charge is -2.34. The molecule has 2 aliphatic rings. The molecule has 90 valence electrons. The van der Waals surface area contributed by atoms with Crippen LogP contribution in [0.25, 0.3) is 0 Å². The van der Waals surface area contributed by atoms with Gasteiger partial charge in [0.1, 0.15) is 6.04 Å². The second-order valence-corrected chi connectivity index (χ2v) is 3.77. The standard InChI is InChI=1S/C9H16N2O2.2ClH/c1-13-9(12)8-6-11-4-2-3-7(11)5-10-8;;/h7-8,10H,2-6H2,1H3;2*1H/t7-,8+;;/m1../s1. The van der Waals surface area contributed by atoms with Crippen LogP contribution in [0, 0.1) is 0 Å². The molecule has 0 bridgehead atoms. The normalized spacial score (nSPS) is 29.7. The smallest absolute Gasteiger partial charge is 0.324 e. The molecule has 15 heavy (non-hydrogen) atoms. The molecule has 2 rings (SSSR count). The Bertz CT molecular complexity index is 216. The maximum absolute atomic E-state index is 11.2. The lowest BCUT2D eigenvalue weighted by molar-refractivity contribution is -0.144. The van der Waals surface area contributed by atoms with E-state index in [1.165, 1.54) is 20.0 Å². The maximum atomic E-state index is 11.2. The summed E-state index contributed by atoms with van der Waals surface area (Å²) in [6.45, 7) is 2.89. The van der Waals surface area contributed by atoms with Gasteiger partial charge in [0.25, 0.3) is 0 Å². The summed E-state index contributed by atoms with van der Waals surface area (Å²) < 4.78 is 4.71. The molecule has 2 heterocycles. The summed E-state index contributed by atoms with van der Waals surface area (Å²) in [6.07, 6.45) is 2.53. The second kappa shape index (κ2) is 6.53. The van der Waals surface area contributed by atoms with Crippen LogP contribution in [-0.2, 0) is 9.53 Å². The van der Waals surface area contributed by atoms with Crippen molar-refractivity contribution in [3.05, 3.63) is 0 Å². The predicted molar refractivity (Wildman–Crippen MR) is 62.9 cm³/mol. The Morgan fingerprint density at radius 2 is 2.20 bits per heavy atom. The van der Waals surface area contributed by atoms with Gasteiger partial charge < -0.3 is 10.1 Å². The zero-order chi connectivity index (χ0) is 9.26. The molecule has 2 saturated heterocycles. The number of carbonyl (C=O) groups excluding carboxylic acids is 1. The van der Waals surface area contributed by atoms with Gasteiger partial charge in [0.05, 0.1) is 7.11 Å². The predicted octanol–water partition coefficient (Wildman–Crippen LogP) is 0.439. The number of piperazine rings is 1. The molecule has 0 aromatic heterocycles. The van der Waals surface area contributed by atoms with E-state index in [1.807, 2.05) is 0 Å². The Morgan fingerprint density at radius 3 is 2.87 bits per heavy atom. The van der Waals surface area contributed by atoms with Crippen LogP contribution < -0.4 is 5.32 Å². The van der Waals surface area contributed by atoms with E-state index in [1.54, 1.807) is 0 Å². The van der Waals surface area contributed by atoms with Crippen molar-refractivity contribution in [1.29, 1.82) is 0 Å². The number of nitrogens with zero attached hydrogens (tertiary/aromatic N) is 1. The molecule has 2 fully saturated rings. The number of ether oxygens (including phenoxy) is 1. The first kappa shape index (κ1) is 15.0. The summed E-state index contributed by atoms with van der Waals surface area (Å²) in [5, 5.41) is 3.22. The van der Waals surface area contributed by atoms with Crippen LogP contribution >= 0.6 is 24.8 Å². The van der Waals surface area contributed by atoms with Crippen molar-refractivity contribution >= 4 is 30.8 Å². The zero-order valence-electron chi connectivity index (χ0n) is 8.77. The number of hydrogen-bond acceptors (Lipinski definition) is 4. The van der Waals surface area contributed by atoms with Crippen LogP contribution in [0.3, 0.4) is 0 Å². The molecular weight excluding hydrogens is 239 g/mol. The number of fused-ring (bicyclic) bond motifs is 1. The highest BCUT2D eigenvalue weighted by molar-refractivity contribution is 5.85. The maximum Gasteiger partial charge on any atom is 0.324 e. The second-order valence-electron chi connectivity index (χ2n) is 3.77. The molecule has 0 unspecified atom stereocenters. The first-order valence-electron chi connectivity index (χ1n) is 4.86. The Balaban J connectivity index is 0.000000980. The van der Waals surface area contributed by atoms with Crippen LogP contribution in [0.4, 0.5) is 0 Å². The van der Waals surface area contributed by atoms with Gasteiger partial charge in [-0.2, -0.15) is 0 Å². The van der Waals surface area contributed by atoms with Gasteiger partial charge in [-0.25, -0.2) is 0 Å². The first-order chi connectivity index (χ1) is 6.31. The number of rotatable bonds is 1. The molecule has 0 spiro atoms. The third-order valence-corrected chi connectivity index (χ3v) is 3.00. The number of methoxy groups -OCH3 is 1. The SMILES string of the molecule is COC(=O)[C@@H]1CN2CCC[C@@H]2CN1.Cl.Cl. The minimum absolute atomic E-state index is 0. The highest BCUT2D eigenvalue weighted by Crippen LogP contribution is 2.19. The quantitative estimate of drug-likeness (QED) is 0.692. The van der Waals surface area contributed by atoms with Crippen molar-refractivity contribution in [2.75, 3.05) is 26.7 Å². The third-order valence-electron chi connectivity index (χ3n) is 3.00. The summed E-state index contributed by atoms with van der Waals surface area (Å²) >= 11 is 0. The van der Waals surface area contributed by atoms with Crippen molar-refractivity contribution in [2.24, 2.45) is 0 Å². The fraction of sp³-hybridized carbons (Fsp3) is 0.889. The van der Waals surface area contributed by atoms with Gasteiger partial charge in [0, 0.05) is 19.1 Å². The average Bonchev–Trinajstić information content (AvgIpc) is 2.63. The highest BCUT2D eigenvalue weighted by Gasteiger charge is 2.34. The monoisotopic (exact) mass is 256 g/mol. The molecule has 0 aromatic carbocycles. The van der Waals surface area contributed by atoms with Gasteiger partial charge in [-0.15, -0.1) is 24.8 Å². The molecule has 6 heteroatoms. The lowest BCUT2D eigenvalue weighted by Crippen LogP contribution is -2.57. The van der Waals surface area contributed by atoms with Crippen LogP contribution in [0.5, 0.6) is 0 Å². The third kappa shape index (κ3) is 3.21. The van der Waals surface area contributed by atoms with E-state index in [-0.39, 0.29) is 36.8 Å². The van der Waals surface area contributed by atoms with E-state index in [9.17, 15) is 4.79 Å². The van der Waals surface area contributed by atoms with E-state index in [0.29, 0.717) is 6.04 Å². The van der Waals surface area contributed by atoms with E-state index < -0.39 is 0 Å². The largest absolute Gasteiger partial charge is 0.468 e. The van der Waals surface area contributed by atoms with Crippen molar-refractivity contribution in [1.82, 2.24) is 10.2 Å². The number of halogens is 2. The summed E-state index contributed by atoms with van der Waals surface area (Å²) in [4.78, 5) is 13.6. The zero-order valence-corrected chi connectivity index (χ0v) is 10.4. The topological polar surface area (TPSA) is 41.6 Å². The lowest BCUT2D eigenvalue weighted by atomic mass is 10.1. The molecule has 1 N–H and O–H groups in total. The van der Waals surface area contributed by atoms with Crippen molar-refractivity contribution in [3.8, 4) is 0 Å². The molecule has 2 atom stereocenters. The van der Waals surface area contributed by atoms with Crippen LogP contribution in [0.1, 0.15) is 12.8 Å². The highest BCUT2D eigenvalue weighted by atomic mass is 35.5. The van der Waals surface area contributed by atoms with Gasteiger partial charge >= 0.3 is 5.97 Å². The van der Waals surface area contributed by atoms with Crippen LogP contribution in [-0.4, -0.2) is 49.7 Å². The molecule has 0 amide bonds. The van der Waals surface area contributed by atoms with E-state index in [0.717, 1.165) is 19.6 Å². The Hall–Kier alpha value is -0.0300. The molecule has 2 aliphatic heterocycles. The van der Waals surface area contributed by atoms with Gasteiger partial charge in [-0.1, -0.05) is 0 Å². The number of esters is 1. The molecule has 0 radical (unpaired) electrons. The molecule has 4 nitrogen and oxygen atoms in total. The van der Waals surface area contributed by atoms with Gasteiger partial charge in [0.2, 0.25) is 0 Å². The van der Waals surface area contributed by atoms with Crippen molar-refractivity contribution in [2.45, 2.75) is 24.9 Å². The Morgan fingerprint density at radius 1 is 1.47 bits per heavy atom. The van der Waals surface area contributed by atoms with E-state index in [2.05, 4.69) is 10.2 Å². The summed E-state index contributed by atoms with van der Waals surface area (Å²) in [5.41, 5.74) is 0. The van der Waals surface area contributed by atoms with Gasteiger partial charge in [0.15, 0.2) is 0 Å². The van der Waals surface area contributed by atoms with Crippen LogP contribution in [0.15, 0.2) is 0 Å². The minimum atomic E-state index is -0.134. The fourth-order valence-corrected chi connectivity index (χ4v) is 2.24. The minimum Gasteiger partial charge on any atom is -0.468 e. The number of hydrogen-bond donors (Lipinski definition) is 1. The average molecular weight is 257 g/mol. The van der Waals surface area contributed by atoms with Crippen molar-refractivity contribution < 1.29 is 9.53 Å². The van der Waals surface area contributed by atoms with Crippen LogP contribution in [0.2, 0.25) is 0 Å². The van der Waals surface area contributed by atoms with E-state index in [4.69, 9.17) is 4.74 Å². The first-order valence-corrected chi connectivity index (χ1v) is 4.86. The summed E-state index contributed by atoms with van der Waals surface area (Å²) in [6, 6.07) is 0.542. The van der Waals surface area contributed by atoms with Crippen molar-refractivity contribution in [3.63, 3.8) is 0 Å². The van der Waals surface area contributed by atoms with Gasteiger partial charge in [-0.3, -0.25) is 9.69 Å². The number of carbonyl (C=O) groups is 1. The summed E-state index contributed by atoms with van der Waals surface area (Å²) in [5.74, 6) is -0.134. The Labute approximate surface area is 103 Å². The van der Waals surface area contributed by atoms with Gasteiger partial charge in [-0.05, 0) is 19.4 Å². The molecule has 0 aliphatic carbocycles. The molecule has 0 saturated carbocycles. The van der Waals surface area contributed by atoms with E-state index >= 15 is 0 Å².